The molecule has 0 amide bonds. The molecular weight excluding hydrogens is 416 g/mol. The minimum Gasteiger partial charge on any atom is -0.315 e. The number of para-hydroxylation sites is 3. The summed E-state index contributed by atoms with van der Waals surface area (Å²) in [6, 6.07) is 36.7. The normalized spacial score (nSPS) is 13.6. The first-order valence-corrected chi connectivity index (χ1v) is 12.2. The quantitative estimate of drug-likeness (QED) is 0.262. The van der Waals surface area contributed by atoms with Gasteiger partial charge in [-0.25, -0.2) is 4.68 Å². The van der Waals surface area contributed by atoms with Crippen LogP contribution in [-0.2, 0) is 12.1 Å². The highest BCUT2D eigenvalue weighted by atomic mass is 15.5. The molecule has 0 bridgehead atoms. The van der Waals surface area contributed by atoms with Crippen molar-refractivity contribution in [3.63, 3.8) is 0 Å². The SMILES string of the molecule is CCCCC(Cc1ccccc1)(n1nnc2ccccc21)n1c2ccccc2c2ccccc21. The van der Waals surface area contributed by atoms with Crippen LogP contribution < -0.4 is 0 Å². The molecule has 0 aliphatic rings. The van der Waals surface area contributed by atoms with Gasteiger partial charge < -0.3 is 4.57 Å². The fourth-order valence-electron chi connectivity index (χ4n) is 5.48. The average molecular weight is 445 g/mol. The van der Waals surface area contributed by atoms with Crippen molar-refractivity contribution < 1.29 is 0 Å². The number of nitrogens with zero attached hydrogens (tertiary/aromatic N) is 4. The van der Waals surface area contributed by atoms with Crippen LogP contribution in [0.1, 0.15) is 31.7 Å². The lowest BCUT2D eigenvalue weighted by molar-refractivity contribution is 0.194. The zero-order chi connectivity index (χ0) is 23.0. The molecule has 0 fully saturated rings. The van der Waals surface area contributed by atoms with E-state index in [4.69, 9.17) is 5.21 Å². The highest BCUT2D eigenvalue weighted by molar-refractivity contribution is 6.08. The first-order valence-electron chi connectivity index (χ1n) is 12.2. The van der Waals surface area contributed by atoms with Crippen LogP contribution in [0.2, 0.25) is 0 Å². The molecule has 1 atom stereocenters. The molecule has 0 aliphatic heterocycles. The molecule has 4 aromatic carbocycles. The van der Waals surface area contributed by atoms with E-state index in [2.05, 4.69) is 118 Å². The van der Waals surface area contributed by atoms with Crippen molar-refractivity contribution >= 4 is 32.8 Å². The molecule has 0 saturated carbocycles. The smallest absolute Gasteiger partial charge is 0.144 e. The third kappa shape index (κ3) is 3.21. The van der Waals surface area contributed by atoms with Crippen LogP contribution in [0.25, 0.3) is 32.8 Å². The number of rotatable bonds is 7. The van der Waals surface area contributed by atoms with Gasteiger partial charge in [0.1, 0.15) is 11.2 Å². The Labute approximate surface area is 199 Å². The number of aromatic nitrogens is 4. The Hall–Kier alpha value is -3.92. The summed E-state index contributed by atoms with van der Waals surface area (Å²) in [5, 5.41) is 12.0. The highest BCUT2D eigenvalue weighted by Gasteiger charge is 2.38. The van der Waals surface area contributed by atoms with Gasteiger partial charge in [0.05, 0.1) is 16.6 Å². The summed E-state index contributed by atoms with van der Waals surface area (Å²) < 4.78 is 4.74. The maximum absolute atomic E-state index is 4.83. The van der Waals surface area contributed by atoms with Crippen molar-refractivity contribution in [1.82, 2.24) is 19.6 Å². The summed E-state index contributed by atoms with van der Waals surface area (Å²) in [6.07, 6.45) is 3.97. The van der Waals surface area contributed by atoms with Gasteiger partial charge in [-0.15, -0.1) is 5.10 Å². The Balaban J connectivity index is 1.75. The Morgan fingerprint density at radius 3 is 1.94 bits per heavy atom. The maximum atomic E-state index is 4.83. The predicted octanol–water partition coefficient (Wildman–Crippen LogP) is 7.17. The van der Waals surface area contributed by atoms with Gasteiger partial charge in [-0.3, -0.25) is 0 Å². The second kappa shape index (κ2) is 8.45. The third-order valence-electron chi connectivity index (χ3n) is 7.00. The Morgan fingerprint density at radius 1 is 0.676 bits per heavy atom. The van der Waals surface area contributed by atoms with E-state index in [1.54, 1.807) is 0 Å². The predicted molar refractivity (Wildman–Crippen MR) is 140 cm³/mol. The summed E-state index contributed by atoms with van der Waals surface area (Å²) in [7, 11) is 0. The third-order valence-corrected chi connectivity index (χ3v) is 7.00. The lowest BCUT2D eigenvalue weighted by Crippen LogP contribution is -2.44. The van der Waals surface area contributed by atoms with E-state index in [9.17, 15) is 0 Å². The summed E-state index contributed by atoms with van der Waals surface area (Å²) in [5.74, 6) is 0. The van der Waals surface area contributed by atoms with Crippen molar-refractivity contribution in [2.24, 2.45) is 0 Å². The first kappa shape index (κ1) is 20.7. The monoisotopic (exact) mass is 444 g/mol. The van der Waals surface area contributed by atoms with E-state index in [1.807, 2.05) is 6.07 Å². The van der Waals surface area contributed by atoms with Gasteiger partial charge in [0, 0.05) is 17.2 Å². The van der Waals surface area contributed by atoms with Crippen molar-refractivity contribution in [2.75, 3.05) is 0 Å². The maximum Gasteiger partial charge on any atom is 0.144 e. The van der Waals surface area contributed by atoms with Crippen molar-refractivity contribution in [1.29, 1.82) is 0 Å². The van der Waals surface area contributed by atoms with Gasteiger partial charge >= 0.3 is 0 Å². The highest BCUT2D eigenvalue weighted by Crippen LogP contribution is 2.40. The Kier molecular flexibility index (Phi) is 5.14. The van der Waals surface area contributed by atoms with E-state index in [-0.39, 0.29) is 0 Å². The van der Waals surface area contributed by atoms with Gasteiger partial charge in [-0.1, -0.05) is 97.4 Å². The molecule has 0 N–H and O–H groups in total. The van der Waals surface area contributed by atoms with Gasteiger partial charge in [-0.2, -0.15) is 0 Å². The van der Waals surface area contributed by atoms with E-state index in [1.165, 1.54) is 27.4 Å². The molecule has 0 saturated heterocycles. The van der Waals surface area contributed by atoms with Gasteiger partial charge in [0.25, 0.3) is 0 Å². The zero-order valence-corrected chi connectivity index (χ0v) is 19.4. The van der Waals surface area contributed by atoms with Crippen molar-refractivity contribution in [3.8, 4) is 0 Å². The Bertz CT molecular complexity index is 1520. The van der Waals surface area contributed by atoms with E-state index >= 15 is 0 Å². The fourth-order valence-corrected chi connectivity index (χ4v) is 5.48. The first-order chi connectivity index (χ1) is 16.8. The molecule has 4 heteroatoms. The molecule has 0 radical (unpaired) electrons. The topological polar surface area (TPSA) is 35.6 Å². The van der Waals surface area contributed by atoms with Crippen LogP contribution in [0.3, 0.4) is 0 Å². The van der Waals surface area contributed by atoms with Gasteiger partial charge in [0.2, 0.25) is 0 Å². The molecule has 6 rings (SSSR count). The molecule has 2 heterocycles. The number of unbranched alkanes of at least 4 members (excludes halogenated alkanes) is 1. The summed E-state index contributed by atoms with van der Waals surface area (Å²) in [4.78, 5) is 0. The number of benzene rings is 4. The lowest BCUT2D eigenvalue weighted by Gasteiger charge is -2.38. The number of hydrogen-bond acceptors (Lipinski definition) is 2. The fraction of sp³-hybridized carbons (Fsp3) is 0.200. The number of fused-ring (bicyclic) bond motifs is 4. The molecule has 2 aromatic heterocycles. The molecule has 168 valence electrons. The second-order valence-corrected chi connectivity index (χ2v) is 9.11. The molecule has 0 spiro atoms. The Morgan fingerprint density at radius 2 is 1.26 bits per heavy atom. The standard InChI is InChI=1S/C30H28N4/c1-2-3-21-30(22-23-13-5-4-6-14-23,34-29-20-12-9-17-26(29)31-32-34)33-27-18-10-7-15-24(27)25-16-8-11-19-28(25)33/h4-20H,2-3,21-22H2,1H3. The second-order valence-electron chi connectivity index (χ2n) is 9.11. The average Bonchev–Trinajstić information content (AvgIpc) is 3.48. The van der Waals surface area contributed by atoms with E-state index in [0.717, 1.165) is 36.7 Å². The summed E-state index contributed by atoms with van der Waals surface area (Å²) in [5.41, 5.74) is 5.30. The van der Waals surface area contributed by atoms with E-state index in [0.29, 0.717) is 0 Å². The van der Waals surface area contributed by atoms with Crippen LogP contribution in [0.5, 0.6) is 0 Å². The molecule has 34 heavy (non-hydrogen) atoms. The van der Waals surface area contributed by atoms with E-state index < -0.39 is 5.66 Å². The molecule has 1 unspecified atom stereocenters. The summed E-state index contributed by atoms with van der Waals surface area (Å²) in [6.45, 7) is 2.26. The minimum atomic E-state index is -0.448. The van der Waals surface area contributed by atoms with Crippen LogP contribution >= 0.6 is 0 Å². The van der Waals surface area contributed by atoms with Crippen LogP contribution in [0, 0.1) is 0 Å². The van der Waals surface area contributed by atoms with Crippen LogP contribution in [0.15, 0.2) is 103 Å². The molecule has 0 aliphatic carbocycles. The zero-order valence-electron chi connectivity index (χ0n) is 19.4. The minimum absolute atomic E-state index is 0.448. The molecule has 4 nitrogen and oxygen atoms in total. The largest absolute Gasteiger partial charge is 0.315 e. The number of hydrogen-bond donors (Lipinski definition) is 0. The van der Waals surface area contributed by atoms with Gasteiger partial charge in [0.15, 0.2) is 0 Å². The molecular formula is C30H28N4. The van der Waals surface area contributed by atoms with Crippen LogP contribution in [-0.4, -0.2) is 19.6 Å². The summed E-state index contributed by atoms with van der Waals surface area (Å²) >= 11 is 0. The van der Waals surface area contributed by atoms with Gasteiger partial charge in [-0.05, 0) is 42.7 Å². The van der Waals surface area contributed by atoms with Crippen LogP contribution in [0.4, 0.5) is 0 Å². The van der Waals surface area contributed by atoms with Crippen molar-refractivity contribution in [2.45, 2.75) is 38.3 Å². The van der Waals surface area contributed by atoms with Crippen molar-refractivity contribution in [3.05, 3.63) is 109 Å². The molecule has 6 aromatic rings. The lowest BCUT2D eigenvalue weighted by atomic mass is 9.92.